The van der Waals surface area contributed by atoms with Crippen molar-refractivity contribution < 1.29 is 18.3 Å². The predicted molar refractivity (Wildman–Crippen MR) is 60.7 cm³/mol. The number of likely N-dealkylation sites (tertiary alicyclic amines) is 1. The average molecular weight is 249 g/mol. The summed E-state index contributed by atoms with van der Waals surface area (Å²) < 4.78 is 22.7. The number of carbonyl (C=O) groups excluding carboxylic acids is 1. The fourth-order valence-electron chi connectivity index (χ4n) is 1.75. The number of piperidine rings is 1. The number of aliphatic hydroxyl groups is 1. The molecule has 16 heavy (non-hydrogen) atoms. The van der Waals surface area contributed by atoms with Gasteiger partial charge in [-0.1, -0.05) is 6.92 Å². The van der Waals surface area contributed by atoms with Crippen LogP contribution in [0, 0.1) is 5.92 Å². The van der Waals surface area contributed by atoms with Crippen molar-refractivity contribution in [2.45, 2.75) is 19.8 Å². The van der Waals surface area contributed by atoms with E-state index in [2.05, 4.69) is 6.92 Å². The summed E-state index contributed by atoms with van der Waals surface area (Å²) in [5.41, 5.74) is 0. The van der Waals surface area contributed by atoms with Crippen molar-refractivity contribution in [1.82, 2.24) is 4.90 Å². The topological polar surface area (TPSA) is 74.7 Å². The van der Waals surface area contributed by atoms with Crippen LogP contribution in [-0.2, 0) is 14.6 Å². The molecule has 1 heterocycles. The molecule has 1 saturated heterocycles. The van der Waals surface area contributed by atoms with Crippen LogP contribution in [0.4, 0.5) is 0 Å². The molecular weight excluding hydrogens is 230 g/mol. The molecule has 1 aliphatic heterocycles. The third kappa shape index (κ3) is 4.09. The van der Waals surface area contributed by atoms with Crippen molar-refractivity contribution >= 4 is 15.7 Å². The summed E-state index contributed by atoms with van der Waals surface area (Å²) in [4.78, 5) is 13.3. The van der Waals surface area contributed by atoms with Crippen LogP contribution >= 0.6 is 0 Å². The van der Waals surface area contributed by atoms with Gasteiger partial charge in [0.15, 0.2) is 9.84 Å². The molecular formula is C10H19NO4S. The van der Waals surface area contributed by atoms with Crippen LogP contribution in [0.15, 0.2) is 0 Å². The normalized spacial score (nSPS) is 18.8. The van der Waals surface area contributed by atoms with Crippen LogP contribution in [0.3, 0.4) is 0 Å². The fraction of sp³-hybridized carbons (Fsp3) is 0.900. The van der Waals surface area contributed by atoms with E-state index >= 15 is 0 Å². The summed E-state index contributed by atoms with van der Waals surface area (Å²) in [5.74, 6) is -0.524. The minimum Gasteiger partial charge on any atom is -0.395 e. The summed E-state index contributed by atoms with van der Waals surface area (Å²) in [5, 5.41) is 8.56. The number of hydrogen-bond acceptors (Lipinski definition) is 4. The van der Waals surface area contributed by atoms with Crippen molar-refractivity contribution in [3.63, 3.8) is 0 Å². The molecule has 6 heteroatoms. The molecule has 0 radical (unpaired) electrons. The van der Waals surface area contributed by atoms with E-state index in [9.17, 15) is 13.2 Å². The molecule has 1 N–H and O–H groups in total. The Kier molecular flexibility index (Phi) is 4.73. The van der Waals surface area contributed by atoms with Crippen molar-refractivity contribution in [1.29, 1.82) is 0 Å². The average Bonchev–Trinajstić information content (AvgIpc) is 2.17. The Morgan fingerprint density at radius 2 is 1.94 bits per heavy atom. The van der Waals surface area contributed by atoms with Gasteiger partial charge in [-0.25, -0.2) is 8.42 Å². The first-order valence-corrected chi connectivity index (χ1v) is 7.36. The Morgan fingerprint density at radius 3 is 2.44 bits per heavy atom. The van der Waals surface area contributed by atoms with Gasteiger partial charge in [-0.3, -0.25) is 4.79 Å². The minimum absolute atomic E-state index is 0.330. The van der Waals surface area contributed by atoms with Crippen molar-refractivity contribution in [2.75, 3.05) is 31.2 Å². The fourth-order valence-corrected chi connectivity index (χ4v) is 2.73. The van der Waals surface area contributed by atoms with Crippen LogP contribution in [-0.4, -0.2) is 55.5 Å². The second-order valence-corrected chi connectivity index (χ2v) is 6.56. The van der Waals surface area contributed by atoms with Gasteiger partial charge in [0.2, 0.25) is 5.91 Å². The van der Waals surface area contributed by atoms with Crippen molar-refractivity contribution in [2.24, 2.45) is 5.92 Å². The second-order valence-electron chi connectivity index (χ2n) is 4.38. The Bertz CT molecular complexity index is 331. The number of rotatable bonds is 4. The third-order valence-corrected chi connectivity index (χ3v) is 4.37. The first-order valence-electron chi connectivity index (χ1n) is 5.53. The zero-order valence-corrected chi connectivity index (χ0v) is 10.4. The lowest BCUT2D eigenvalue weighted by molar-refractivity contribution is -0.129. The maximum atomic E-state index is 11.7. The summed E-state index contributed by atoms with van der Waals surface area (Å²) in [6.07, 6.45) is 1.87. The van der Waals surface area contributed by atoms with Crippen LogP contribution in [0.5, 0.6) is 0 Å². The van der Waals surface area contributed by atoms with Crippen LogP contribution < -0.4 is 0 Å². The zero-order valence-electron chi connectivity index (χ0n) is 9.55. The molecule has 0 saturated carbocycles. The molecule has 94 valence electrons. The molecule has 1 fully saturated rings. The van der Waals surface area contributed by atoms with Gasteiger partial charge in [0, 0.05) is 13.1 Å². The third-order valence-electron chi connectivity index (χ3n) is 2.88. The van der Waals surface area contributed by atoms with Crippen LogP contribution in [0.25, 0.3) is 0 Å². The highest BCUT2D eigenvalue weighted by Crippen LogP contribution is 2.16. The molecule has 0 unspecified atom stereocenters. The molecule has 0 atom stereocenters. The highest BCUT2D eigenvalue weighted by Gasteiger charge is 2.24. The monoisotopic (exact) mass is 249 g/mol. The van der Waals surface area contributed by atoms with E-state index in [0.717, 1.165) is 12.8 Å². The van der Waals surface area contributed by atoms with Gasteiger partial charge in [-0.2, -0.15) is 0 Å². The van der Waals surface area contributed by atoms with E-state index in [-0.39, 0.29) is 11.7 Å². The van der Waals surface area contributed by atoms with Gasteiger partial charge in [-0.15, -0.1) is 0 Å². The van der Waals surface area contributed by atoms with Gasteiger partial charge in [0.25, 0.3) is 0 Å². The Labute approximate surface area is 96.4 Å². The Hall–Kier alpha value is -0.620. The van der Waals surface area contributed by atoms with Gasteiger partial charge < -0.3 is 10.0 Å². The van der Waals surface area contributed by atoms with Crippen molar-refractivity contribution in [3.05, 3.63) is 0 Å². The summed E-state index contributed by atoms with van der Waals surface area (Å²) >= 11 is 0. The van der Waals surface area contributed by atoms with Crippen LogP contribution in [0.1, 0.15) is 19.8 Å². The van der Waals surface area contributed by atoms with E-state index in [0.29, 0.717) is 19.0 Å². The Morgan fingerprint density at radius 1 is 1.38 bits per heavy atom. The maximum Gasteiger partial charge on any atom is 0.237 e. The number of nitrogens with zero attached hydrogens (tertiary/aromatic N) is 1. The summed E-state index contributed by atoms with van der Waals surface area (Å²) in [6.45, 7) is 3.00. The van der Waals surface area contributed by atoms with Gasteiger partial charge in [-0.05, 0) is 18.8 Å². The lowest BCUT2D eigenvalue weighted by Gasteiger charge is -2.30. The minimum atomic E-state index is -3.43. The standard InChI is InChI=1S/C10H19NO4S/c1-9-2-4-11(5-3-9)10(13)8-16(14,15)7-6-12/h9,12H,2-8H2,1H3. The number of aliphatic hydroxyl groups excluding tert-OH is 1. The van der Waals surface area contributed by atoms with Gasteiger partial charge in [0.05, 0.1) is 12.4 Å². The molecule has 1 rings (SSSR count). The molecule has 0 aromatic carbocycles. The first kappa shape index (κ1) is 13.4. The zero-order chi connectivity index (χ0) is 12.2. The number of hydrogen-bond donors (Lipinski definition) is 1. The largest absolute Gasteiger partial charge is 0.395 e. The molecule has 0 aromatic heterocycles. The number of sulfone groups is 1. The van der Waals surface area contributed by atoms with E-state index in [1.54, 1.807) is 4.90 Å². The lowest BCUT2D eigenvalue weighted by Crippen LogP contribution is -2.41. The van der Waals surface area contributed by atoms with Crippen molar-refractivity contribution in [3.8, 4) is 0 Å². The number of amides is 1. The molecule has 0 bridgehead atoms. The van der Waals surface area contributed by atoms with E-state index in [1.165, 1.54) is 0 Å². The molecule has 1 amide bonds. The first-order chi connectivity index (χ1) is 7.44. The summed E-state index contributed by atoms with van der Waals surface area (Å²) in [6, 6.07) is 0. The van der Waals surface area contributed by atoms with Gasteiger partial charge in [0.1, 0.15) is 5.75 Å². The smallest absolute Gasteiger partial charge is 0.237 e. The predicted octanol–water partition coefficient (Wildman–Crippen LogP) is -0.348. The van der Waals surface area contributed by atoms with Crippen LogP contribution in [0.2, 0.25) is 0 Å². The molecule has 5 nitrogen and oxygen atoms in total. The second kappa shape index (κ2) is 5.63. The Balaban J connectivity index is 2.47. The summed E-state index contributed by atoms with van der Waals surface area (Å²) in [7, 11) is -3.43. The molecule has 1 aliphatic rings. The molecule has 0 aromatic rings. The van der Waals surface area contributed by atoms with E-state index < -0.39 is 22.2 Å². The highest BCUT2D eigenvalue weighted by atomic mass is 32.2. The van der Waals surface area contributed by atoms with E-state index in [1.807, 2.05) is 0 Å². The van der Waals surface area contributed by atoms with Gasteiger partial charge >= 0.3 is 0 Å². The highest BCUT2D eigenvalue weighted by molar-refractivity contribution is 7.92. The number of carbonyl (C=O) groups is 1. The van der Waals surface area contributed by atoms with E-state index in [4.69, 9.17) is 5.11 Å². The SMILES string of the molecule is CC1CCN(C(=O)CS(=O)(=O)CCO)CC1. The molecule has 0 spiro atoms. The lowest BCUT2D eigenvalue weighted by atomic mass is 9.99. The maximum absolute atomic E-state index is 11.7. The molecule has 0 aliphatic carbocycles. The quantitative estimate of drug-likeness (QED) is 0.739.